The number of benzene rings is 1. The van der Waals surface area contributed by atoms with Gasteiger partial charge in [-0.2, -0.15) is 0 Å². The van der Waals surface area contributed by atoms with E-state index in [0.29, 0.717) is 26.9 Å². The molecule has 0 spiro atoms. The predicted molar refractivity (Wildman–Crippen MR) is 102 cm³/mol. The lowest BCUT2D eigenvalue weighted by molar-refractivity contribution is -0.142. The average Bonchev–Trinajstić information content (AvgIpc) is 2.61. The zero-order chi connectivity index (χ0) is 19.6. The molecule has 10 heteroatoms. The number of carbonyl (C=O) groups excluding carboxylic acids is 1. The maximum Gasteiger partial charge on any atom is 0.327 e. The lowest BCUT2D eigenvalue weighted by Crippen LogP contribution is -2.24. The Morgan fingerprint density at radius 1 is 1.26 bits per heavy atom. The van der Waals surface area contributed by atoms with E-state index < -0.39 is 17.2 Å². The van der Waals surface area contributed by atoms with Crippen molar-refractivity contribution in [3.05, 3.63) is 66.4 Å². The van der Waals surface area contributed by atoms with Gasteiger partial charge < -0.3 is 10.1 Å². The first kappa shape index (κ1) is 18.9. The Morgan fingerprint density at radius 2 is 2.04 bits per heavy atom. The van der Waals surface area contributed by atoms with E-state index in [1.54, 1.807) is 18.2 Å². The monoisotopic (exact) mass is 408 g/mol. The molecule has 0 unspecified atom stereocenters. The third-order valence-electron chi connectivity index (χ3n) is 3.80. The van der Waals surface area contributed by atoms with Crippen LogP contribution in [0.1, 0.15) is 18.1 Å². The van der Waals surface area contributed by atoms with Gasteiger partial charge in [-0.15, -0.1) is 0 Å². The molecule has 3 N–H and O–H groups in total. The van der Waals surface area contributed by atoms with Gasteiger partial charge in [-0.1, -0.05) is 29.3 Å². The third kappa shape index (κ3) is 4.12. The van der Waals surface area contributed by atoms with Crippen LogP contribution in [-0.4, -0.2) is 20.9 Å². The Kier molecular flexibility index (Phi) is 5.48. The molecule has 0 aliphatic heterocycles. The van der Waals surface area contributed by atoms with Crippen molar-refractivity contribution in [1.29, 1.82) is 0 Å². The van der Waals surface area contributed by atoms with Crippen LogP contribution in [0, 0.1) is 0 Å². The topological polar surface area (TPSA) is 117 Å². The summed E-state index contributed by atoms with van der Waals surface area (Å²) in [6.07, 6.45) is 1.44. The zero-order valence-corrected chi connectivity index (χ0v) is 15.6. The number of anilines is 1. The van der Waals surface area contributed by atoms with Gasteiger partial charge in [0, 0.05) is 25.2 Å². The van der Waals surface area contributed by atoms with Gasteiger partial charge >= 0.3 is 11.7 Å². The van der Waals surface area contributed by atoms with Crippen LogP contribution in [0.15, 0.2) is 34.0 Å². The minimum atomic E-state index is -0.662. The lowest BCUT2D eigenvalue weighted by Gasteiger charge is -2.14. The number of pyridine rings is 1. The minimum Gasteiger partial charge on any atom is -0.461 e. The van der Waals surface area contributed by atoms with Gasteiger partial charge in [0.25, 0.3) is 5.56 Å². The van der Waals surface area contributed by atoms with Crippen molar-refractivity contribution in [1.82, 2.24) is 15.0 Å². The number of halogens is 2. The number of aromatic nitrogens is 3. The molecule has 1 aromatic carbocycles. The summed E-state index contributed by atoms with van der Waals surface area (Å²) in [6, 6.07) is 5.11. The summed E-state index contributed by atoms with van der Waals surface area (Å²) in [5.74, 6) is -0.470. The molecule has 0 radical (unpaired) electrons. The van der Waals surface area contributed by atoms with Gasteiger partial charge in [0.05, 0.1) is 21.1 Å². The van der Waals surface area contributed by atoms with Crippen molar-refractivity contribution in [2.75, 3.05) is 5.32 Å². The van der Waals surface area contributed by atoms with Crippen LogP contribution in [0.5, 0.6) is 0 Å². The number of fused-ring (bicyclic) bond motifs is 1. The van der Waals surface area contributed by atoms with Crippen LogP contribution in [0.25, 0.3) is 11.0 Å². The molecule has 2 heterocycles. The maximum atomic E-state index is 12.3. The zero-order valence-electron chi connectivity index (χ0n) is 14.1. The number of nitrogens with one attached hydrogen (secondary N) is 3. The number of hydrogen-bond donors (Lipinski definition) is 3. The van der Waals surface area contributed by atoms with Gasteiger partial charge in [-0.3, -0.25) is 19.6 Å². The number of rotatable bonds is 5. The summed E-state index contributed by atoms with van der Waals surface area (Å²) in [6.45, 7) is 1.37. The Bertz CT molecular complexity index is 1140. The maximum absolute atomic E-state index is 12.3. The van der Waals surface area contributed by atoms with Crippen LogP contribution in [0.2, 0.25) is 10.0 Å². The van der Waals surface area contributed by atoms with E-state index in [1.807, 2.05) is 0 Å². The molecule has 140 valence electrons. The fraction of sp³-hybridized carbons (Fsp3) is 0.176. The Morgan fingerprint density at radius 3 is 2.78 bits per heavy atom. The highest BCUT2D eigenvalue weighted by Gasteiger charge is 2.15. The SMILES string of the molecule is CC(=O)OCc1cnc2[nH]c(=O)[nH]c(=O)c2c1CNc1cccc(Cl)c1Cl. The van der Waals surface area contributed by atoms with E-state index >= 15 is 0 Å². The van der Waals surface area contributed by atoms with Crippen LogP contribution in [0.3, 0.4) is 0 Å². The highest BCUT2D eigenvalue weighted by Crippen LogP contribution is 2.30. The highest BCUT2D eigenvalue weighted by molar-refractivity contribution is 6.43. The van der Waals surface area contributed by atoms with Crippen molar-refractivity contribution >= 4 is 45.9 Å². The first-order valence-corrected chi connectivity index (χ1v) is 8.56. The molecule has 0 aliphatic rings. The number of hydrogen-bond acceptors (Lipinski definition) is 6. The summed E-state index contributed by atoms with van der Waals surface area (Å²) in [4.78, 5) is 43.8. The molecular formula is C17H14Cl2N4O4. The second-order valence-electron chi connectivity index (χ2n) is 5.63. The summed E-state index contributed by atoms with van der Waals surface area (Å²) in [5, 5.41) is 4.00. The molecule has 0 aliphatic carbocycles. The fourth-order valence-corrected chi connectivity index (χ4v) is 2.93. The molecule has 0 saturated heterocycles. The molecule has 3 rings (SSSR count). The third-order valence-corrected chi connectivity index (χ3v) is 4.62. The Labute approximate surface area is 162 Å². The fourth-order valence-electron chi connectivity index (χ4n) is 2.56. The first-order valence-electron chi connectivity index (χ1n) is 7.81. The molecule has 0 amide bonds. The standard InChI is InChI=1S/C17H14Cl2N4O4/c1-8(24)27-7-9-5-21-15-13(16(25)23-17(26)22-15)10(9)6-20-12-4-2-3-11(18)14(12)19/h2-5,20H,6-7H2,1H3,(H2,21,22,23,25,26). The van der Waals surface area contributed by atoms with Crippen molar-refractivity contribution < 1.29 is 9.53 Å². The molecule has 0 bridgehead atoms. The number of esters is 1. The van der Waals surface area contributed by atoms with E-state index in [4.69, 9.17) is 27.9 Å². The number of ether oxygens (including phenoxy) is 1. The van der Waals surface area contributed by atoms with E-state index in [9.17, 15) is 14.4 Å². The smallest absolute Gasteiger partial charge is 0.327 e. The molecule has 3 aromatic rings. The molecule has 2 aromatic heterocycles. The Hall–Kier alpha value is -2.84. The van der Waals surface area contributed by atoms with Crippen molar-refractivity contribution in [2.45, 2.75) is 20.1 Å². The highest BCUT2D eigenvalue weighted by atomic mass is 35.5. The lowest BCUT2D eigenvalue weighted by atomic mass is 10.1. The Balaban J connectivity index is 2.07. The molecule has 0 atom stereocenters. The molecule has 27 heavy (non-hydrogen) atoms. The number of nitrogens with zero attached hydrogens (tertiary/aromatic N) is 1. The summed E-state index contributed by atoms with van der Waals surface area (Å²) in [5.41, 5.74) is 0.456. The van der Waals surface area contributed by atoms with Gasteiger partial charge in [-0.25, -0.2) is 9.78 Å². The van der Waals surface area contributed by atoms with E-state index in [1.165, 1.54) is 13.1 Å². The summed E-state index contributed by atoms with van der Waals surface area (Å²) >= 11 is 12.2. The number of carbonyl (C=O) groups is 1. The van der Waals surface area contributed by atoms with Crippen LogP contribution >= 0.6 is 23.2 Å². The predicted octanol–water partition coefficient (Wildman–Crippen LogP) is 2.59. The first-order chi connectivity index (χ1) is 12.9. The van der Waals surface area contributed by atoms with Crippen molar-refractivity contribution in [3.8, 4) is 0 Å². The normalized spacial score (nSPS) is 10.8. The largest absolute Gasteiger partial charge is 0.461 e. The van der Waals surface area contributed by atoms with Crippen LogP contribution < -0.4 is 16.6 Å². The molecule has 8 nitrogen and oxygen atoms in total. The van der Waals surface area contributed by atoms with Crippen molar-refractivity contribution in [2.24, 2.45) is 0 Å². The molecule has 0 fully saturated rings. The van der Waals surface area contributed by atoms with E-state index in [0.717, 1.165) is 0 Å². The minimum absolute atomic E-state index is 0.0723. The second-order valence-corrected chi connectivity index (χ2v) is 6.41. The second kappa shape index (κ2) is 7.81. The molecule has 0 saturated carbocycles. The van der Waals surface area contributed by atoms with Gasteiger partial charge in [0.2, 0.25) is 0 Å². The van der Waals surface area contributed by atoms with Crippen LogP contribution in [-0.2, 0) is 22.7 Å². The number of aromatic amines is 2. The average molecular weight is 409 g/mol. The summed E-state index contributed by atoms with van der Waals surface area (Å²) < 4.78 is 5.04. The van der Waals surface area contributed by atoms with Gasteiger partial charge in [0.1, 0.15) is 12.3 Å². The van der Waals surface area contributed by atoms with Gasteiger partial charge in [-0.05, 0) is 17.7 Å². The number of H-pyrrole nitrogens is 2. The molecular weight excluding hydrogens is 395 g/mol. The van der Waals surface area contributed by atoms with Crippen LogP contribution in [0.4, 0.5) is 5.69 Å². The van der Waals surface area contributed by atoms with E-state index in [-0.39, 0.29) is 24.2 Å². The van der Waals surface area contributed by atoms with Gasteiger partial charge in [0.15, 0.2) is 0 Å². The van der Waals surface area contributed by atoms with Crippen molar-refractivity contribution in [3.63, 3.8) is 0 Å². The summed E-state index contributed by atoms with van der Waals surface area (Å²) in [7, 11) is 0. The van der Waals surface area contributed by atoms with E-state index in [2.05, 4.69) is 20.3 Å². The quantitative estimate of drug-likeness (QED) is 0.558.